The van der Waals surface area contributed by atoms with Crippen LogP contribution >= 0.6 is 22.9 Å². The second-order valence-corrected chi connectivity index (χ2v) is 9.34. The van der Waals surface area contributed by atoms with Gasteiger partial charge in [0.25, 0.3) is 5.91 Å². The van der Waals surface area contributed by atoms with Gasteiger partial charge in [-0.3, -0.25) is 9.59 Å². The zero-order valence-electron chi connectivity index (χ0n) is 18.0. The Bertz CT molecular complexity index is 1070. The molecule has 32 heavy (non-hydrogen) atoms. The number of hydrogen-bond acceptors (Lipinski definition) is 4. The number of amides is 2. The van der Waals surface area contributed by atoms with Gasteiger partial charge in [0.1, 0.15) is 0 Å². The number of piperidine rings is 1. The first-order valence-electron chi connectivity index (χ1n) is 10.9. The summed E-state index contributed by atoms with van der Waals surface area (Å²) in [5.41, 5.74) is 3.86. The van der Waals surface area contributed by atoms with E-state index in [1.165, 1.54) is 16.9 Å². The Morgan fingerprint density at radius 2 is 1.78 bits per heavy atom. The second-order valence-electron chi connectivity index (χ2n) is 8.05. The Morgan fingerprint density at radius 3 is 2.44 bits per heavy atom. The second kappa shape index (κ2) is 10.3. The Kier molecular flexibility index (Phi) is 7.22. The van der Waals surface area contributed by atoms with Crippen LogP contribution in [0.1, 0.15) is 42.1 Å². The van der Waals surface area contributed by atoms with Crippen LogP contribution in [0, 0.1) is 5.92 Å². The number of nitrogens with zero attached hydrogens (tertiary/aromatic N) is 2. The van der Waals surface area contributed by atoms with Crippen molar-refractivity contribution < 1.29 is 9.59 Å². The zero-order valence-corrected chi connectivity index (χ0v) is 19.6. The molecule has 1 N–H and O–H groups in total. The molecule has 2 amide bonds. The molecule has 5 nitrogen and oxygen atoms in total. The van der Waals surface area contributed by atoms with Gasteiger partial charge in [0.05, 0.1) is 5.69 Å². The molecule has 1 fully saturated rings. The van der Waals surface area contributed by atoms with E-state index in [0.717, 1.165) is 24.1 Å². The number of carbonyl (C=O) groups is 2. The number of hydrogen-bond donors (Lipinski definition) is 1. The topological polar surface area (TPSA) is 62.3 Å². The van der Waals surface area contributed by atoms with Crippen LogP contribution in [0.5, 0.6) is 0 Å². The van der Waals surface area contributed by atoms with E-state index in [0.29, 0.717) is 41.6 Å². The number of carbonyl (C=O) groups excluding carboxylic acids is 2. The van der Waals surface area contributed by atoms with Crippen LogP contribution < -0.4 is 5.32 Å². The van der Waals surface area contributed by atoms with E-state index in [1.54, 1.807) is 29.2 Å². The molecule has 1 saturated heterocycles. The third kappa shape index (κ3) is 5.37. The molecule has 0 bridgehead atoms. The molecule has 0 atom stereocenters. The number of halogens is 1. The monoisotopic (exact) mass is 467 g/mol. The predicted molar refractivity (Wildman–Crippen MR) is 130 cm³/mol. The number of rotatable bonds is 6. The lowest BCUT2D eigenvalue weighted by atomic mass is 9.95. The summed E-state index contributed by atoms with van der Waals surface area (Å²) in [6.45, 7) is 3.30. The molecule has 166 valence electrons. The van der Waals surface area contributed by atoms with Crippen molar-refractivity contribution in [3.05, 3.63) is 70.1 Å². The highest BCUT2D eigenvalue weighted by Crippen LogP contribution is 2.27. The molecule has 0 unspecified atom stereocenters. The minimum Gasteiger partial charge on any atom is -0.339 e. The van der Waals surface area contributed by atoms with Gasteiger partial charge in [-0.15, -0.1) is 11.3 Å². The van der Waals surface area contributed by atoms with Crippen LogP contribution in [-0.4, -0.2) is 34.8 Å². The summed E-state index contributed by atoms with van der Waals surface area (Å²) in [6.07, 6.45) is 3.48. The number of thiazole rings is 1. The maximum absolute atomic E-state index is 12.8. The summed E-state index contributed by atoms with van der Waals surface area (Å²) in [6, 6.07) is 15.3. The molecule has 0 spiro atoms. The van der Waals surface area contributed by atoms with Crippen molar-refractivity contribution in [2.45, 2.75) is 32.6 Å². The van der Waals surface area contributed by atoms with Gasteiger partial charge in [-0.1, -0.05) is 49.2 Å². The summed E-state index contributed by atoms with van der Waals surface area (Å²) in [5.74, 6) is -0.164. The van der Waals surface area contributed by atoms with Crippen molar-refractivity contribution in [1.29, 1.82) is 0 Å². The molecule has 7 heteroatoms. The molecule has 2 heterocycles. The van der Waals surface area contributed by atoms with Crippen molar-refractivity contribution in [1.82, 2.24) is 9.88 Å². The molecule has 2 aromatic carbocycles. The predicted octanol–water partition coefficient (Wildman–Crippen LogP) is 5.91. The van der Waals surface area contributed by atoms with Crippen molar-refractivity contribution in [3.8, 4) is 11.3 Å². The number of aryl methyl sites for hydroxylation is 1. The van der Waals surface area contributed by atoms with E-state index >= 15 is 0 Å². The number of aromatic nitrogens is 1. The highest BCUT2D eigenvalue weighted by Gasteiger charge is 2.28. The zero-order chi connectivity index (χ0) is 22.5. The van der Waals surface area contributed by atoms with E-state index in [1.807, 2.05) is 5.38 Å². The SMILES string of the molecule is CCCc1ccc(-c2csc(NC(=O)C3CCN(C(=O)c4ccc(Cl)cc4)CC3)n2)cc1. The highest BCUT2D eigenvalue weighted by atomic mass is 35.5. The van der Waals surface area contributed by atoms with Crippen molar-refractivity contribution in [3.63, 3.8) is 0 Å². The first-order chi connectivity index (χ1) is 15.5. The Morgan fingerprint density at radius 1 is 1.09 bits per heavy atom. The minimum absolute atomic E-state index is 0.0185. The van der Waals surface area contributed by atoms with Crippen LogP contribution in [0.2, 0.25) is 5.02 Å². The van der Waals surface area contributed by atoms with E-state index in [4.69, 9.17) is 11.6 Å². The Labute approximate surface area is 197 Å². The van der Waals surface area contributed by atoms with Crippen molar-refractivity contribution in [2.24, 2.45) is 5.92 Å². The maximum atomic E-state index is 12.8. The van der Waals surface area contributed by atoms with Gasteiger partial charge >= 0.3 is 0 Å². The molecular weight excluding hydrogens is 442 g/mol. The first-order valence-corrected chi connectivity index (χ1v) is 12.2. The van der Waals surface area contributed by atoms with E-state index < -0.39 is 0 Å². The average Bonchev–Trinajstić information content (AvgIpc) is 3.28. The van der Waals surface area contributed by atoms with Gasteiger partial charge in [0.15, 0.2) is 5.13 Å². The fourth-order valence-electron chi connectivity index (χ4n) is 3.92. The lowest BCUT2D eigenvalue weighted by Crippen LogP contribution is -2.41. The number of benzene rings is 2. The standard InChI is InChI=1S/C25H26ClN3O2S/c1-2-3-17-4-6-18(7-5-17)22-16-32-25(27-22)28-23(30)19-12-14-29(15-13-19)24(31)20-8-10-21(26)11-9-20/h4-11,16,19H,2-3,12-15H2,1H3,(H,27,28,30). The van der Waals surface area contributed by atoms with Crippen molar-refractivity contribution in [2.75, 3.05) is 18.4 Å². The van der Waals surface area contributed by atoms with Crippen LogP contribution in [0.4, 0.5) is 5.13 Å². The van der Waals surface area contributed by atoms with Gasteiger partial charge in [0, 0.05) is 40.5 Å². The van der Waals surface area contributed by atoms with Crippen molar-refractivity contribution >= 4 is 39.9 Å². The average molecular weight is 468 g/mol. The molecule has 4 rings (SSSR count). The smallest absolute Gasteiger partial charge is 0.253 e. The third-order valence-electron chi connectivity index (χ3n) is 5.77. The van der Waals surface area contributed by atoms with Gasteiger partial charge < -0.3 is 10.2 Å². The summed E-state index contributed by atoms with van der Waals surface area (Å²) < 4.78 is 0. The largest absolute Gasteiger partial charge is 0.339 e. The fraction of sp³-hybridized carbons (Fsp3) is 0.320. The van der Waals surface area contributed by atoms with Gasteiger partial charge in [0.2, 0.25) is 5.91 Å². The Balaban J connectivity index is 1.30. The Hall–Kier alpha value is -2.70. The van der Waals surface area contributed by atoms with Crippen LogP contribution in [0.25, 0.3) is 11.3 Å². The first kappa shape index (κ1) is 22.5. The summed E-state index contributed by atoms with van der Waals surface area (Å²) >= 11 is 7.34. The molecule has 3 aromatic rings. The highest BCUT2D eigenvalue weighted by molar-refractivity contribution is 7.14. The number of likely N-dealkylation sites (tertiary alicyclic amines) is 1. The molecular formula is C25H26ClN3O2S. The fourth-order valence-corrected chi connectivity index (χ4v) is 4.77. The van der Waals surface area contributed by atoms with Gasteiger partial charge in [-0.25, -0.2) is 4.98 Å². The quantitative estimate of drug-likeness (QED) is 0.490. The van der Waals surface area contributed by atoms with Crippen LogP contribution in [0.3, 0.4) is 0 Å². The summed E-state index contributed by atoms with van der Waals surface area (Å²) in [5, 5.41) is 6.16. The molecule has 1 aromatic heterocycles. The third-order valence-corrected chi connectivity index (χ3v) is 6.78. The van der Waals surface area contributed by atoms with Gasteiger partial charge in [-0.05, 0) is 49.1 Å². The van der Waals surface area contributed by atoms with Crippen LogP contribution in [-0.2, 0) is 11.2 Å². The molecule has 0 radical (unpaired) electrons. The normalized spacial score (nSPS) is 14.4. The molecule has 1 aliphatic heterocycles. The number of anilines is 1. The summed E-state index contributed by atoms with van der Waals surface area (Å²) in [4.78, 5) is 31.8. The van der Waals surface area contributed by atoms with E-state index in [-0.39, 0.29) is 17.7 Å². The van der Waals surface area contributed by atoms with Gasteiger partial charge in [-0.2, -0.15) is 0 Å². The maximum Gasteiger partial charge on any atom is 0.253 e. The van der Waals surface area contributed by atoms with Crippen LogP contribution in [0.15, 0.2) is 53.9 Å². The lowest BCUT2D eigenvalue weighted by Gasteiger charge is -2.31. The van der Waals surface area contributed by atoms with E-state index in [9.17, 15) is 9.59 Å². The number of nitrogens with one attached hydrogen (secondary N) is 1. The van der Waals surface area contributed by atoms with E-state index in [2.05, 4.69) is 41.5 Å². The molecule has 1 aliphatic rings. The lowest BCUT2D eigenvalue weighted by molar-refractivity contribution is -0.121. The summed E-state index contributed by atoms with van der Waals surface area (Å²) in [7, 11) is 0. The molecule has 0 aliphatic carbocycles. The minimum atomic E-state index is -0.120. The molecule has 0 saturated carbocycles.